The molecule has 0 bridgehead atoms. The number of nitrogens with one attached hydrogen (secondary N) is 2. The molecule has 98 heavy (non-hydrogen) atoms. The van der Waals surface area contributed by atoms with Crippen LogP contribution in [0.3, 0.4) is 0 Å². The van der Waals surface area contributed by atoms with Gasteiger partial charge in [-0.1, -0.05) is 115 Å². The summed E-state index contributed by atoms with van der Waals surface area (Å²) in [6, 6.07) is 25.4. The number of aliphatic hydroxyl groups is 2. The van der Waals surface area contributed by atoms with Crippen molar-refractivity contribution >= 4 is 56.4 Å². The summed E-state index contributed by atoms with van der Waals surface area (Å²) in [5, 5.41) is 28.0. The lowest BCUT2D eigenvalue weighted by Crippen LogP contribution is -2.51. The van der Waals surface area contributed by atoms with Crippen LogP contribution < -0.4 is 29.6 Å². The maximum Gasteiger partial charge on any atom is 0.518 e. The van der Waals surface area contributed by atoms with Gasteiger partial charge in [0.2, 0.25) is 0 Å². The molecule has 32 heteroatoms. The van der Waals surface area contributed by atoms with Crippen molar-refractivity contribution in [1.82, 2.24) is 19.6 Å². The molecule has 28 nitrogen and oxygen atoms in total. The van der Waals surface area contributed by atoms with E-state index in [2.05, 4.69) is 29.1 Å². The lowest BCUT2D eigenvalue weighted by atomic mass is 10.0. The highest BCUT2D eigenvalue weighted by Gasteiger charge is 2.46. The third kappa shape index (κ3) is 22.2. The second kappa shape index (κ2) is 37.0. The van der Waals surface area contributed by atoms with Gasteiger partial charge < -0.3 is 77.5 Å². The Kier molecular flexibility index (Phi) is 28.7. The number of nitrogens with zero attached hydrogens (tertiary/aromatic N) is 3. The van der Waals surface area contributed by atoms with Crippen LogP contribution in [0.25, 0.3) is 0 Å². The fourth-order valence-electron chi connectivity index (χ4n) is 12.1. The quantitative estimate of drug-likeness (QED) is 0.0247. The van der Waals surface area contributed by atoms with Gasteiger partial charge >= 0.3 is 18.3 Å². The van der Waals surface area contributed by atoms with Crippen molar-refractivity contribution in [2.45, 2.75) is 175 Å². The van der Waals surface area contributed by atoms with Gasteiger partial charge in [0.15, 0.2) is 35.6 Å². The van der Waals surface area contributed by atoms with Crippen molar-refractivity contribution in [2.75, 3.05) is 73.1 Å². The summed E-state index contributed by atoms with van der Waals surface area (Å²) >= 11 is 0. The van der Waals surface area contributed by atoms with Gasteiger partial charge in [-0.3, -0.25) is 9.68 Å². The highest BCUT2D eigenvalue weighted by Crippen LogP contribution is 2.38. The average Bonchev–Trinajstić information content (AvgIpc) is 1.03. The number of carbonyl (C=O) groups excluding carboxylic acids is 3. The molecule has 2 saturated carbocycles. The Balaban J connectivity index is 0.000000181. The number of hydroxylamine groups is 2. The van der Waals surface area contributed by atoms with E-state index in [0.29, 0.717) is 86.6 Å². The Morgan fingerprint density at radius 1 is 0.592 bits per heavy atom. The first kappa shape index (κ1) is 76.1. The number of amides is 2. The number of aliphatic hydroxyl groups excluding tert-OH is 2. The maximum atomic E-state index is 13.9. The van der Waals surface area contributed by atoms with E-state index in [0.717, 1.165) is 41.3 Å². The smallest absolute Gasteiger partial charge is 0.486 e. The van der Waals surface area contributed by atoms with Gasteiger partial charge in [-0.05, 0) is 104 Å². The zero-order valence-electron chi connectivity index (χ0n) is 55.5. The van der Waals surface area contributed by atoms with Crippen LogP contribution in [-0.2, 0) is 80.2 Å². The third-order valence-electron chi connectivity index (χ3n) is 17.0. The van der Waals surface area contributed by atoms with Gasteiger partial charge in [-0.15, -0.1) is 0 Å². The molecule has 4 aromatic carbocycles. The van der Waals surface area contributed by atoms with Crippen LogP contribution >= 0.6 is 18.0 Å². The molecule has 540 valence electrons. The van der Waals surface area contributed by atoms with E-state index in [-0.39, 0.29) is 74.5 Å². The Morgan fingerprint density at radius 3 is 1.51 bits per heavy atom. The number of carbonyl (C=O) groups is 3. The molecule has 0 radical (unpaired) electrons. The second-order valence-corrected chi connectivity index (χ2v) is 30.2. The lowest BCUT2D eigenvalue weighted by molar-refractivity contribution is -0.145. The van der Waals surface area contributed by atoms with E-state index < -0.39 is 87.5 Å². The first-order valence-electron chi connectivity index (χ1n) is 33.1. The number of fused-ring (bicyclic) bond motifs is 4. The number of rotatable bonds is 22. The van der Waals surface area contributed by atoms with Crippen LogP contribution in [0.15, 0.2) is 111 Å². The minimum Gasteiger partial charge on any atom is -0.486 e. The average molecular weight is 1450 g/mol. The SMILES string of the molecule is C1CCCC1.CON(C[C@@H](O)[C@H](Cc1ccccc1)NC(=O)OC(C)(C)C)S(=O)(=O)c1ccc2c(c1)OCCO2.O=C(N[C@@H](Cc1ccccc1)[C@H](O)CN(OC1CCCC1)S(=O)(=O)c1ccc2c(c1)OCCO2)OC1CO[C@H]2OCC[C@@H]12.O=C(OP=NP)O[C@H]1CO[C@H]2OCC[C@H]21. The number of sulfonamides is 2. The van der Waals surface area contributed by atoms with E-state index in [1.807, 2.05) is 60.7 Å². The van der Waals surface area contributed by atoms with E-state index in [4.69, 9.17) is 61.8 Å². The minimum atomic E-state index is -4.24. The normalized spacial score (nSPS) is 22.9. The molecule has 6 fully saturated rings. The van der Waals surface area contributed by atoms with Gasteiger partial charge in [0.05, 0.1) is 98.6 Å². The monoisotopic (exact) mass is 1450 g/mol. The largest absolute Gasteiger partial charge is 0.518 e. The van der Waals surface area contributed by atoms with Crippen LogP contribution in [0.2, 0.25) is 0 Å². The second-order valence-electron chi connectivity index (χ2n) is 25.3. The highest BCUT2D eigenvalue weighted by atomic mass is 32.2. The zero-order chi connectivity index (χ0) is 69.7. The summed E-state index contributed by atoms with van der Waals surface area (Å²) < 4.78 is 124. The summed E-state index contributed by atoms with van der Waals surface area (Å²) in [7, 11) is -4.91. The number of benzene rings is 4. The van der Waals surface area contributed by atoms with Crippen LogP contribution in [0, 0.1) is 11.8 Å². The Labute approximate surface area is 576 Å². The van der Waals surface area contributed by atoms with Crippen molar-refractivity contribution < 1.29 is 108 Å². The van der Waals surface area contributed by atoms with Gasteiger partial charge in [0, 0.05) is 12.1 Å². The molecule has 2 amide bonds. The maximum absolute atomic E-state index is 13.9. The molecule has 0 aromatic heterocycles. The van der Waals surface area contributed by atoms with Crippen molar-refractivity contribution in [3.8, 4) is 23.0 Å². The van der Waals surface area contributed by atoms with Crippen molar-refractivity contribution in [1.29, 1.82) is 0 Å². The molecule has 11 atom stereocenters. The fourth-order valence-corrected chi connectivity index (χ4v) is 14.9. The van der Waals surface area contributed by atoms with Gasteiger partial charge in [-0.25, -0.2) is 35.7 Å². The topological polar surface area (TPSA) is 332 Å². The Morgan fingerprint density at radius 2 is 1.04 bits per heavy atom. The van der Waals surface area contributed by atoms with E-state index in [1.54, 1.807) is 26.8 Å². The molecule has 4 aromatic rings. The summed E-state index contributed by atoms with van der Waals surface area (Å²) in [4.78, 5) is 47.7. The Hall–Kier alpha value is -6.08. The van der Waals surface area contributed by atoms with Gasteiger partial charge in [0.25, 0.3) is 28.6 Å². The molecule has 12 rings (SSSR count). The predicted molar refractivity (Wildman–Crippen MR) is 357 cm³/mol. The summed E-state index contributed by atoms with van der Waals surface area (Å²) in [6.45, 7) is 7.48. The van der Waals surface area contributed by atoms with Gasteiger partial charge in [0.1, 0.15) is 44.2 Å². The molecule has 0 spiro atoms. The molecular weight excluding hydrogens is 1360 g/mol. The molecule has 8 aliphatic rings. The summed E-state index contributed by atoms with van der Waals surface area (Å²) in [5.74, 6) is 1.64. The van der Waals surface area contributed by atoms with Crippen LogP contribution in [-0.4, -0.2) is 188 Å². The fraction of sp³-hybridized carbons (Fsp3) is 0.591. The molecule has 4 saturated heterocycles. The molecule has 6 aliphatic heterocycles. The lowest BCUT2D eigenvalue weighted by Gasteiger charge is -2.31. The van der Waals surface area contributed by atoms with Gasteiger partial charge in [-0.2, -0.15) is 0 Å². The van der Waals surface area contributed by atoms with E-state index >= 15 is 0 Å². The number of hydrogen-bond donors (Lipinski definition) is 4. The first-order chi connectivity index (χ1) is 47.2. The summed E-state index contributed by atoms with van der Waals surface area (Å²) in [5.41, 5.74) is 0.941. The number of alkyl carbamates (subject to hydrolysis) is 2. The number of hydrogen-bond acceptors (Lipinski definition) is 24. The van der Waals surface area contributed by atoms with E-state index in [9.17, 15) is 41.4 Å². The zero-order valence-corrected chi connectivity index (χ0v) is 59.2. The molecule has 4 N–H and O–H groups in total. The minimum absolute atomic E-state index is 0.0466. The molecule has 2 unspecified atom stereocenters. The van der Waals surface area contributed by atoms with Crippen LogP contribution in [0.5, 0.6) is 23.0 Å². The van der Waals surface area contributed by atoms with Crippen molar-refractivity contribution in [3.05, 3.63) is 108 Å². The van der Waals surface area contributed by atoms with E-state index in [1.165, 1.54) is 69.5 Å². The van der Waals surface area contributed by atoms with Crippen LogP contribution in [0.1, 0.15) is 103 Å². The third-order valence-corrected chi connectivity index (χ3v) is 20.9. The predicted octanol–water partition coefficient (Wildman–Crippen LogP) is 8.98. The molecular formula is C66H91N5O23P2S2. The number of ether oxygens (including phenoxy) is 11. The van der Waals surface area contributed by atoms with Crippen molar-refractivity contribution in [2.24, 2.45) is 16.4 Å². The van der Waals surface area contributed by atoms with Crippen molar-refractivity contribution in [3.63, 3.8) is 0 Å². The highest BCUT2D eigenvalue weighted by molar-refractivity contribution is 7.89. The molecule has 6 heterocycles. The Bertz CT molecular complexity index is 3440. The standard InChI is InChI=1S/C30H38N2O10S.C24H32N2O8S.C7H11NO5P2.C5H10/c33-25(24(16-20-6-2-1-3-7-20)31-30(34)41-28-19-40-29-23(28)12-13-39-29)18-32(42-21-8-4-5-9-21)43(35,36)22-10-11-26-27(17-22)38-15-14-37-26;1-24(2,3)34-23(28)25-19(14-17-8-6-5-7-9-17)20(27)16-26(31-4)35(29,30)18-10-11-21-22(15-18)33-13-12-32-21;9-7(13-15-8-14)12-5-3-11-6-4(5)1-2-10-6;1-2-4-5-3-1/h1-3,6-7,10-11,17,21,23-25,28-29,33H,4-5,8-9,12-16,18-19H2,(H,31,34);5-11,15,19-20,27H,12-14,16H2,1-4H3,(H,25,28);4-6H,1-3,14H2;1-5H2/t23-,24-,25+,28?,29+;19-,20+;4-,5-,6+;/m000./s1. The summed E-state index contributed by atoms with van der Waals surface area (Å²) in [6.07, 6.45) is 6.33. The molecule has 2 aliphatic carbocycles. The first-order valence-corrected chi connectivity index (χ1v) is 37.2. The van der Waals surface area contributed by atoms with Crippen LogP contribution in [0.4, 0.5) is 14.4 Å².